The van der Waals surface area contributed by atoms with Crippen LogP contribution in [-0.2, 0) is 4.79 Å². The van der Waals surface area contributed by atoms with E-state index in [2.05, 4.69) is 6.58 Å². The monoisotopic (exact) mass is 198 g/mol. The van der Waals surface area contributed by atoms with Crippen LogP contribution in [0.2, 0.25) is 0 Å². The minimum Gasteiger partial charge on any atom is -0.340 e. The van der Waals surface area contributed by atoms with Gasteiger partial charge < -0.3 is 10.6 Å². The van der Waals surface area contributed by atoms with Crippen LogP contribution in [0.15, 0.2) is 12.2 Å². The molecule has 82 valence electrons. The number of carbonyl (C=O) groups excluding carboxylic acids is 1. The summed E-state index contributed by atoms with van der Waals surface area (Å²) in [5.74, 6) is 0.234. The predicted octanol–water partition coefficient (Wildman–Crippen LogP) is 1.39. The van der Waals surface area contributed by atoms with Gasteiger partial charge in [0.25, 0.3) is 0 Å². The minimum absolute atomic E-state index is 0.00218. The Hall–Kier alpha value is -0.830. The van der Waals surface area contributed by atoms with E-state index < -0.39 is 0 Å². The molecule has 0 heterocycles. The van der Waals surface area contributed by atoms with Crippen LogP contribution >= 0.6 is 0 Å². The van der Waals surface area contributed by atoms with Gasteiger partial charge >= 0.3 is 0 Å². The first-order valence-corrected chi connectivity index (χ1v) is 5.05. The van der Waals surface area contributed by atoms with Crippen molar-refractivity contribution >= 4 is 5.91 Å². The largest absolute Gasteiger partial charge is 0.340 e. The zero-order valence-electron chi connectivity index (χ0n) is 9.71. The highest BCUT2D eigenvalue weighted by Gasteiger charge is 2.22. The number of amides is 1. The molecule has 14 heavy (non-hydrogen) atoms. The Morgan fingerprint density at radius 1 is 1.57 bits per heavy atom. The van der Waals surface area contributed by atoms with Gasteiger partial charge in [0.05, 0.1) is 6.04 Å². The molecule has 0 aromatic rings. The highest BCUT2D eigenvalue weighted by atomic mass is 16.2. The van der Waals surface area contributed by atoms with E-state index in [0.717, 1.165) is 12.0 Å². The zero-order valence-corrected chi connectivity index (χ0v) is 9.71. The van der Waals surface area contributed by atoms with Gasteiger partial charge in [-0.05, 0) is 12.8 Å². The van der Waals surface area contributed by atoms with E-state index >= 15 is 0 Å². The van der Waals surface area contributed by atoms with E-state index in [-0.39, 0.29) is 17.9 Å². The van der Waals surface area contributed by atoms with E-state index in [4.69, 9.17) is 5.73 Å². The average Bonchev–Trinajstić information content (AvgIpc) is 2.13. The molecule has 0 aromatic heterocycles. The molecular formula is C11H22N2O. The Balaban J connectivity index is 4.23. The highest BCUT2D eigenvalue weighted by Crippen LogP contribution is 2.08. The quantitative estimate of drug-likeness (QED) is 0.679. The number of nitrogens with two attached hydrogens (primary N) is 1. The second kappa shape index (κ2) is 5.81. The average molecular weight is 198 g/mol. The molecule has 0 aliphatic heterocycles. The summed E-state index contributed by atoms with van der Waals surface area (Å²) in [6.07, 6.45) is 0.924. The molecule has 0 aromatic carbocycles. The molecule has 0 radical (unpaired) electrons. The molecule has 2 N–H and O–H groups in total. The molecule has 0 bridgehead atoms. The van der Waals surface area contributed by atoms with Crippen LogP contribution in [0.1, 0.15) is 27.2 Å². The molecule has 3 nitrogen and oxygen atoms in total. The highest BCUT2D eigenvalue weighted by molar-refractivity contribution is 5.81. The summed E-state index contributed by atoms with van der Waals surface area (Å²) in [5.41, 5.74) is 6.80. The normalized spacial score (nSPS) is 14.6. The van der Waals surface area contributed by atoms with Crippen LogP contribution in [-0.4, -0.2) is 30.4 Å². The van der Waals surface area contributed by atoms with Gasteiger partial charge in [0, 0.05) is 13.6 Å². The van der Waals surface area contributed by atoms with Crippen molar-refractivity contribution in [2.24, 2.45) is 11.7 Å². The van der Waals surface area contributed by atoms with Crippen molar-refractivity contribution in [2.45, 2.75) is 33.2 Å². The van der Waals surface area contributed by atoms with Gasteiger partial charge in [0.15, 0.2) is 0 Å². The van der Waals surface area contributed by atoms with Crippen LogP contribution in [0.4, 0.5) is 0 Å². The number of likely N-dealkylation sites (N-methyl/N-ethyl adjacent to an activating group) is 1. The van der Waals surface area contributed by atoms with E-state index in [9.17, 15) is 4.79 Å². The molecule has 2 unspecified atom stereocenters. The third-order valence-electron chi connectivity index (χ3n) is 2.43. The number of hydrogen-bond donors (Lipinski definition) is 1. The molecule has 0 fully saturated rings. The van der Waals surface area contributed by atoms with Gasteiger partial charge in [-0.25, -0.2) is 0 Å². The van der Waals surface area contributed by atoms with Crippen molar-refractivity contribution in [3.05, 3.63) is 12.2 Å². The maximum Gasteiger partial charge on any atom is 0.239 e. The van der Waals surface area contributed by atoms with Crippen molar-refractivity contribution in [1.82, 2.24) is 4.90 Å². The first-order chi connectivity index (χ1) is 6.40. The number of rotatable bonds is 5. The lowest BCUT2D eigenvalue weighted by atomic mass is 9.99. The Morgan fingerprint density at radius 2 is 2.07 bits per heavy atom. The molecule has 0 spiro atoms. The SMILES string of the molecule is C=C(C)CN(C)C(=O)C(N)C(C)CC. The molecular weight excluding hydrogens is 176 g/mol. The van der Waals surface area contributed by atoms with Crippen molar-refractivity contribution in [3.63, 3.8) is 0 Å². The summed E-state index contributed by atoms with van der Waals surface area (Å²) in [7, 11) is 1.76. The van der Waals surface area contributed by atoms with E-state index in [1.807, 2.05) is 20.8 Å². The number of nitrogens with zero attached hydrogens (tertiary/aromatic N) is 1. The first kappa shape index (κ1) is 13.2. The van der Waals surface area contributed by atoms with Crippen LogP contribution in [0, 0.1) is 5.92 Å². The summed E-state index contributed by atoms with van der Waals surface area (Å²) < 4.78 is 0. The Bertz CT molecular complexity index is 213. The Kier molecular flexibility index (Phi) is 5.46. The lowest BCUT2D eigenvalue weighted by molar-refractivity contribution is -0.132. The van der Waals surface area contributed by atoms with E-state index in [1.165, 1.54) is 0 Å². The number of hydrogen-bond acceptors (Lipinski definition) is 2. The van der Waals surface area contributed by atoms with Crippen molar-refractivity contribution in [1.29, 1.82) is 0 Å². The van der Waals surface area contributed by atoms with Gasteiger partial charge in [-0.15, -0.1) is 0 Å². The molecule has 1 amide bonds. The van der Waals surface area contributed by atoms with Crippen molar-refractivity contribution < 1.29 is 4.79 Å². The Labute approximate surface area is 87.0 Å². The van der Waals surface area contributed by atoms with Crippen molar-refractivity contribution in [2.75, 3.05) is 13.6 Å². The maximum atomic E-state index is 11.7. The van der Waals surface area contributed by atoms with Crippen molar-refractivity contribution in [3.8, 4) is 0 Å². The molecule has 2 atom stereocenters. The molecule has 0 rings (SSSR count). The summed E-state index contributed by atoms with van der Waals surface area (Å²) in [4.78, 5) is 13.4. The molecule has 0 aliphatic carbocycles. The molecule has 0 saturated carbocycles. The van der Waals surface area contributed by atoms with Crippen LogP contribution in [0.5, 0.6) is 0 Å². The van der Waals surface area contributed by atoms with Gasteiger partial charge in [-0.1, -0.05) is 32.4 Å². The van der Waals surface area contributed by atoms with E-state index in [1.54, 1.807) is 11.9 Å². The van der Waals surface area contributed by atoms with E-state index in [0.29, 0.717) is 6.54 Å². The summed E-state index contributed by atoms with van der Waals surface area (Å²) in [6, 6.07) is -0.385. The lowest BCUT2D eigenvalue weighted by Gasteiger charge is -2.24. The third kappa shape index (κ3) is 3.92. The maximum absolute atomic E-state index is 11.7. The van der Waals surface area contributed by atoms with Gasteiger partial charge in [0.1, 0.15) is 0 Å². The molecule has 0 saturated heterocycles. The molecule has 0 aliphatic rings. The Morgan fingerprint density at radius 3 is 2.43 bits per heavy atom. The first-order valence-electron chi connectivity index (χ1n) is 5.05. The van der Waals surface area contributed by atoms with Crippen LogP contribution in [0.3, 0.4) is 0 Å². The standard InChI is InChI=1S/C11H22N2O/c1-6-9(4)10(12)11(14)13(5)7-8(2)3/h9-10H,2,6-7,12H2,1,3-5H3. The summed E-state index contributed by atoms with van der Waals surface area (Å²) in [5, 5.41) is 0. The van der Waals surface area contributed by atoms with Gasteiger partial charge in [-0.2, -0.15) is 0 Å². The third-order valence-corrected chi connectivity index (χ3v) is 2.43. The fourth-order valence-corrected chi connectivity index (χ4v) is 1.23. The van der Waals surface area contributed by atoms with Crippen LogP contribution in [0.25, 0.3) is 0 Å². The fraction of sp³-hybridized carbons (Fsp3) is 0.727. The molecule has 3 heteroatoms. The minimum atomic E-state index is -0.385. The topological polar surface area (TPSA) is 46.3 Å². The van der Waals surface area contributed by atoms with Gasteiger partial charge in [0.2, 0.25) is 5.91 Å². The fourth-order valence-electron chi connectivity index (χ4n) is 1.23. The number of carbonyl (C=O) groups is 1. The van der Waals surface area contributed by atoms with Gasteiger partial charge in [-0.3, -0.25) is 4.79 Å². The lowest BCUT2D eigenvalue weighted by Crippen LogP contribution is -2.45. The predicted molar refractivity (Wildman–Crippen MR) is 59.9 cm³/mol. The second-order valence-corrected chi connectivity index (χ2v) is 4.06. The smallest absolute Gasteiger partial charge is 0.239 e. The van der Waals surface area contributed by atoms with Crippen LogP contribution < -0.4 is 5.73 Å². The zero-order chi connectivity index (χ0) is 11.3. The summed E-state index contributed by atoms with van der Waals surface area (Å²) >= 11 is 0. The summed E-state index contributed by atoms with van der Waals surface area (Å²) in [6.45, 7) is 10.3. The second-order valence-electron chi connectivity index (χ2n) is 4.06.